The number of ketones is 1. The number of nitro groups is 1. The van der Waals surface area contributed by atoms with E-state index < -0.39 is 28.4 Å². The molecule has 0 radical (unpaired) electrons. The normalized spacial score (nSPS) is 20.1. The van der Waals surface area contributed by atoms with Gasteiger partial charge in [-0.15, -0.1) is 0 Å². The molecule has 3 aromatic rings. The summed E-state index contributed by atoms with van der Waals surface area (Å²) in [5.41, 5.74) is 1.12. The molecule has 2 aromatic heterocycles. The molecule has 0 aliphatic carbocycles. The number of nitro benzene ring substituents is 1. The highest BCUT2D eigenvalue weighted by atomic mass is 16.6. The number of Topliss-reactive ketones (excluding diaryl/α,β-unsaturated/α-hetero) is 1. The molecule has 0 saturated carbocycles. The number of likely N-dealkylation sites (tertiary alicyclic amines) is 1. The number of nitrogens with zero attached hydrogens (tertiary/aromatic N) is 4. The number of morpholine rings is 1. The predicted octanol–water partition coefficient (Wildman–Crippen LogP) is 0.0801. The molecule has 11 heteroatoms. The largest absolute Gasteiger partial charge is 0.871 e. The molecule has 2 aliphatic heterocycles. The minimum absolute atomic E-state index is 0.181. The molecule has 5 rings (SSSR count). The number of carbonyl (C=O) groups excluding carboxylic acids is 2. The van der Waals surface area contributed by atoms with E-state index >= 15 is 0 Å². The number of non-ortho nitro benzene ring substituents is 1. The number of imidazole rings is 1. The number of rotatable bonds is 7. The predicted molar refractivity (Wildman–Crippen MR) is 130 cm³/mol. The van der Waals surface area contributed by atoms with E-state index in [1.54, 1.807) is 41.8 Å². The van der Waals surface area contributed by atoms with Crippen LogP contribution >= 0.6 is 0 Å². The Labute approximate surface area is 212 Å². The number of benzene rings is 1. The summed E-state index contributed by atoms with van der Waals surface area (Å²) in [6, 6.07) is 10.0. The van der Waals surface area contributed by atoms with E-state index in [1.807, 2.05) is 0 Å². The third-order valence-corrected chi connectivity index (χ3v) is 6.97. The summed E-state index contributed by atoms with van der Waals surface area (Å²) in [4.78, 5) is 44.7. The molecule has 192 valence electrons. The number of quaternary nitrogens is 1. The first kappa shape index (κ1) is 24.6. The van der Waals surface area contributed by atoms with Crippen molar-refractivity contribution in [1.29, 1.82) is 0 Å². The molecule has 2 saturated heterocycles. The number of carbonyl (C=O) groups is 2. The number of amides is 1. The van der Waals surface area contributed by atoms with Gasteiger partial charge in [0.15, 0.2) is 0 Å². The monoisotopic (exact) mass is 505 g/mol. The van der Waals surface area contributed by atoms with Crippen molar-refractivity contribution in [1.82, 2.24) is 14.3 Å². The summed E-state index contributed by atoms with van der Waals surface area (Å²) in [7, 11) is 0. The lowest BCUT2D eigenvalue weighted by Crippen LogP contribution is -3.14. The van der Waals surface area contributed by atoms with Gasteiger partial charge in [-0.2, -0.15) is 0 Å². The standard InChI is InChI=1S/C26H27N5O6/c1-17-22(29-10-3-2-8-20(29)27-17)24(32)21-23(18-6-4-7-19(16-18)31(35)36)30(26(34)25(21)33)11-5-9-28-12-14-37-15-13-28/h2-4,6-8,10,16,23,32H,5,9,11-15H2,1H3/b24-21+. The summed E-state index contributed by atoms with van der Waals surface area (Å²) < 4.78 is 6.99. The van der Waals surface area contributed by atoms with E-state index in [0.29, 0.717) is 36.5 Å². The van der Waals surface area contributed by atoms with Crippen molar-refractivity contribution >= 4 is 28.8 Å². The van der Waals surface area contributed by atoms with Gasteiger partial charge < -0.3 is 24.0 Å². The molecular formula is C26H27N5O6. The molecule has 1 N–H and O–H groups in total. The van der Waals surface area contributed by atoms with Crippen molar-refractivity contribution in [3.05, 3.63) is 81.3 Å². The van der Waals surface area contributed by atoms with Gasteiger partial charge >= 0.3 is 0 Å². The zero-order valence-electron chi connectivity index (χ0n) is 20.4. The molecule has 11 nitrogen and oxygen atoms in total. The molecule has 1 amide bonds. The van der Waals surface area contributed by atoms with Crippen LogP contribution in [-0.2, 0) is 14.3 Å². The minimum Gasteiger partial charge on any atom is -0.871 e. The number of nitrogens with one attached hydrogen (secondary N) is 1. The Balaban J connectivity index is 1.58. The SMILES string of the molecule is Cc1nc2ccccn2c1/C([O-])=C1\C(=O)C(=O)N(CCC[NH+]2CCOCC2)C1c1cccc([N+](=O)[O-])c1. The molecule has 2 aliphatic rings. The highest BCUT2D eigenvalue weighted by Gasteiger charge is 2.44. The lowest BCUT2D eigenvalue weighted by atomic mass is 9.96. The Bertz CT molecular complexity index is 1410. The molecule has 1 atom stereocenters. The Hall–Kier alpha value is -4.09. The molecule has 0 spiro atoms. The van der Waals surface area contributed by atoms with Crippen molar-refractivity contribution in [2.45, 2.75) is 19.4 Å². The summed E-state index contributed by atoms with van der Waals surface area (Å²) in [5, 5.41) is 25.4. The van der Waals surface area contributed by atoms with Gasteiger partial charge in [-0.3, -0.25) is 19.7 Å². The zero-order chi connectivity index (χ0) is 26.1. The van der Waals surface area contributed by atoms with Gasteiger partial charge in [-0.05, 0) is 24.6 Å². The summed E-state index contributed by atoms with van der Waals surface area (Å²) in [5.74, 6) is -2.26. The van der Waals surface area contributed by atoms with Gasteiger partial charge in [0, 0.05) is 36.9 Å². The number of pyridine rings is 1. The zero-order valence-corrected chi connectivity index (χ0v) is 20.4. The fraction of sp³-hybridized carbons (Fsp3) is 0.346. The number of aromatic nitrogens is 2. The van der Waals surface area contributed by atoms with Crippen LogP contribution in [0.5, 0.6) is 0 Å². The third kappa shape index (κ3) is 4.58. The second-order valence-corrected chi connectivity index (χ2v) is 9.27. The maximum Gasteiger partial charge on any atom is 0.295 e. The van der Waals surface area contributed by atoms with E-state index in [1.165, 1.54) is 28.0 Å². The fourth-order valence-corrected chi connectivity index (χ4v) is 5.18. The molecule has 0 bridgehead atoms. The van der Waals surface area contributed by atoms with Crippen molar-refractivity contribution in [2.24, 2.45) is 0 Å². The lowest BCUT2D eigenvalue weighted by molar-refractivity contribution is -0.908. The highest BCUT2D eigenvalue weighted by molar-refractivity contribution is 6.46. The number of fused-ring (bicyclic) bond motifs is 1. The Morgan fingerprint density at radius 3 is 2.73 bits per heavy atom. The highest BCUT2D eigenvalue weighted by Crippen LogP contribution is 2.40. The van der Waals surface area contributed by atoms with Crippen LogP contribution in [-0.4, -0.2) is 70.3 Å². The van der Waals surface area contributed by atoms with E-state index in [-0.39, 0.29) is 23.5 Å². The molecular weight excluding hydrogens is 478 g/mol. The molecule has 1 unspecified atom stereocenters. The number of aryl methyl sites for hydroxylation is 1. The second-order valence-electron chi connectivity index (χ2n) is 9.27. The van der Waals surface area contributed by atoms with Crippen LogP contribution in [0.25, 0.3) is 11.4 Å². The molecule has 2 fully saturated rings. The molecule has 4 heterocycles. The van der Waals surface area contributed by atoms with Crippen LogP contribution in [0.15, 0.2) is 54.2 Å². The van der Waals surface area contributed by atoms with Gasteiger partial charge in [0.05, 0.1) is 42.1 Å². The smallest absolute Gasteiger partial charge is 0.295 e. The van der Waals surface area contributed by atoms with Crippen molar-refractivity contribution in [3.8, 4) is 0 Å². The van der Waals surface area contributed by atoms with Gasteiger partial charge in [0.25, 0.3) is 11.6 Å². The first-order valence-electron chi connectivity index (χ1n) is 12.2. The van der Waals surface area contributed by atoms with Gasteiger partial charge in [0.1, 0.15) is 18.7 Å². The number of hydrogen-bond donors (Lipinski definition) is 1. The quantitative estimate of drug-likeness (QED) is 0.158. The summed E-state index contributed by atoms with van der Waals surface area (Å²) >= 11 is 0. The van der Waals surface area contributed by atoms with Crippen molar-refractivity contribution in [2.75, 3.05) is 39.4 Å². The third-order valence-electron chi connectivity index (χ3n) is 6.97. The molecule has 1 aromatic carbocycles. The average molecular weight is 506 g/mol. The van der Waals surface area contributed by atoms with Crippen LogP contribution < -0.4 is 10.0 Å². The maximum atomic E-state index is 13.9. The van der Waals surface area contributed by atoms with Crippen molar-refractivity contribution < 1.29 is 29.3 Å². The van der Waals surface area contributed by atoms with Gasteiger partial charge in [-0.1, -0.05) is 24.0 Å². The maximum absolute atomic E-state index is 13.9. The van der Waals surface area contributed by atoms with Crippen LogP contribution in [0.2, 0.25) is 0 Å². The Kier molecular flexibility index (Phi) is 6.72. The fourth-order valence-electron chi connectivity index (χ4n) is 5.18. The number of ether oxygens (including phenoxy) is 1. The summed E-state index contributed by atoms with van der Waals surface area (Å²) in [6.45, 7) is 5.78. The van der Waals surface area contributed by atoms with E-state index in [0.717, 1.165) is 19.6 Å². The topological polar surface area (TPSA) is 135 Å². The van der Waals surface area contributed by atoms with E-state index in [4.69, 9.17) is 4.74 Å². The van der Waals surface area contributed by atoms with Crippen LogP contribution in [0.3, 0.4) is 0 Å². The van der Waals surface area contributed by atoms with Crippen LogP contribution in [0, 0.1) is 17.0 Å². The number of hydrogen-bond acceptors (Lipinski definition) is 7. The van der Waals surface area contributed by atoms with Gasteiger partial charge in [-0.25, -0.2) is 4.98 Å². The minimum atomic E-state index is -1.03. The van der Waals surface area contributed by atoms with E-state index in [9.17, 15) is 24.8 Å². The Morgan fingerprint density at radius 1 is 1.19 bits per heavy atom. The van der Waals surface area contributed by atoms with Crippen molar-refractivity contribution in [3.63, 3.8) is 0 Å². The Morgan fingerprint density at radius 2 is 1.97 bits per heavy atom. The average Bonchev–Trinajstić information content (AvgIpc) is 3.37. The van der Waals surface area contributed by atoms with Gasteiger partial charge in [0.2, 0.25) is 5.78 Å². The lowest BCUT2D eigenvalue weighted by Gasteiger charge is -2.28. The van der Waals surface area contributed by atoms with Crippen LogP contribution in [0.1, 0.15) is 29.4 Å². The van der Waals surface area contributed by atoms with E-state index in [2.05, 4.69) is 4.98 Å². The second kappa shape index (κ2) is 10.1. The van der Waals surface area contributed by atoms with Crippen LogP contribution in [0.4, 0.5) is 5.69 Å². The molecule has 37 heavy (non-hydrogen) atoms. The first-order chi connectivity index (χ1) is 17.9. The summed E-state index contributed by atoms with van der Waals surface area (Å²) in [6.07, 6.45) is 2.28. The first-order valence-corrected chi connectivity index (χ1v) is 12.2.